The average Bonchev–Trinajstić information content (AvgIpc) is 3.06. The zero-order valence-electron chi connectivity index (χ0n) is 19.1. The van der Waals surface area contributed by atoms with Gasteiger partial charge in [0.15, 0.2) is 0 Å². The van der Waals surface area contributed by atoms with Crippen LogP contribution in [-0.2, 0) is 16.1 Å². The third-order valence-electron chi connectivity index (χ3n) is 5.82. The molecule has 0 bridgehead atoms. The van der Waals surface area contributed by atoms with Crippen molar-refractivity contribution in [3.8, 4) is 11.5 Å². The molecule has 4 rings (SSSR count). The molecule has 1 N–H and O–H groups in total. The monoisotopic (exact) mass is 442 g/mol. The van der Waals surface area contributed by atoms with Crippen LogP contribution in [-0.4, -0.2) is 30.9 Å². The van der Waals surface area contributed by atoms with E-state index in [-0.39, 0.29) is 24.1 Å². The maximum atomic E-state index is 13.5. The van der Waals surface area contributed by atoms with Gasteiger partial charge in [-0.25, -0.2) is 0 Å². The molecular weight excluding hydrogens is 416 g/mol. The van der Waals surface area contributed by atoms with E-state index in [2.05, 4.69) is 5.32 Å². The van der Waals surface area contributed by atoms with Crippen LogP contribution in [0.5, 0.6) is 11.5 Å². The van der Waals surface area contributed by atoms with Crippen molar-refractivity contribution in [1.82, 2.24) is 4.90 Å². The molecule has 1 aliphatic heterocycles. The lowest BCUT2D eigenvalue weighted by molar-refractivity contribution is -0.137. The van der Waals surface area contributed by atoms with E-state index in [9.17, 15) is 9.59 Å². The number of hydrogen-bond acceptors (Lipinski definition) is 5. The Morgan fingerprint density at radius 1 is 0.758 bits per heavy atom. The van der Waals surface area contributed by atoms with E-state index in [1.807, 2.05) is 56.3 Å². The van der Waals surface area contributed by atoms with E-state index in [0.717, 1.165) is 22.4 Å². The van der Waals surface area contributed by atoms with Gasteiger partial charge in [-0.1, -0.05) is 30.3 Å². The molecule has 0 atom stereocenters. The predicted octanol–water partition coefficient (Wildman–Crippen LogP) is 4.71. The molecule has 2 amide bonds. The first-order valence-corrected chi connectivity index (χ1v) is 10.6. The number of benzene rings is 3. The van der Waals surface area contributed by atoms with Gasteiger partial charge in [-0.15, -0.1) is 0 Å². The molecule has 1 aliphatic rings. The maximum absolute atomic E-state index is 13.5. The molecular formula is C27H26N2O4. The fraction of sp³-hybridized carbons (Fsp3) is 0.185. The molecule has 0 spiro atoms. The number of carbonyl (C=O) groups is 2. The number of aryl methyl sites for hydroxylation is 2. The lowest BCUT2D eigenvalue weighted by atomic mass is 10.0. The molecule has 0 unspecified atom stereocenters. The van der Waals surface area contributed by atoms with Crippen LogP contribution in [0.3, 0.4) is 0 Å². The summed E-state index contributed by atoms with van der Waals surface area (Å²) in [6, 6.07) is 20.3. The van der Waals surface area contributed by atoms with Crippen molar-refractivity contribution < 1.29 is 19.1 Å². The fourth-order valence-electron chi connectivity index (χ4n) is 3.74. The molecule has 0 saturated heterocycles. The van der Waals surface area contributed by atoms with Gasteiger partial charge >= 0.3 is 0 Å². The van der Waals surface area contributed by atoms with E-state index in [0.29, 0.717) is 22.6 Å². The number of amides is 2. The minimum Gasteiger partial charge on any atom is -0.497 e. The normalized spacial score (nSPS) is 13.5. The SMILES string of the molecule is COc1ccc(CN2C(=O)C(Nc3ccc(C)c(C)c3)=C(c3ccc(OC)cc3)C2=O)cc1. The third-order valence-corrected chi connectivity index (χ3v) is 5.82. The second kappa shape index (κ2) is 9.20. The second-order valence-electron chi connectivity index (χ2n) is 7.95. The lowest BCUT2D eigenvalue weighted by Gasteiger charge is -2.16. The van der Waals surface area contributed by atoms with Crippen molar-refractivity contribution in [3.05, 3.63) is 94.7 Å². The summed E-state index contributed by atoms with van der Waals surface area (Å²) in [5, 5.41) is 3.22. The van der Waals surface area contributed by atoms with Gasteiger partial charge in [0.1, 0.15) is 17.2 Å². The topological polar surface area (TPSA) is 67.9 Å². The standard InChI is InChI=1S/C27H26N2O4/c1-17-5-10-21(15-18(17)2)28-25-24(20-8-13-23(33-4)14-9-20)26(30)29(27(25)31)16-19-6-11-22(32-3)12-7-19/h5-15,28H,16H2,1-4H3. The van der Waals surface area contributed by atoms with Crippen LogP contribution < -0.4 is 14.8 Å². The minimum absolute atomic E-state index is 0.166. The number of nitrogens with zero attached hydrogens (tertiary/aromatic N) is 1. The Hall–Kier alpha value is -4.06. The van der Waals surface area contributed by atoms with Crippen LogP contribution in [0.4, 0.5) is 5.69 Å². The van der Waals surface area contributed by atoms with Gasteiger partial charge in [0.2, 0.25) is 0 Å². The van der Waals surface area contributed by atoms with Gasteiger partial charge in [-0.05, 0) is 72.5 Å². The highest BCUT2D eigenvalue weighted by Gasteiger charge is 2.39. The number of nitrogens with one attached hydrogen (secondary N) is 1. The first kappa shape index (κ1) is 22.1. The van der Waals surface area contributed by atoms with Crippen molar-refractivity contribution >= 4 is 23.1 Å². The number of hydrogen-bond donors (Lipinski definition) is 1. The molecule has 168 valence electrons. The Morgan fingerprint density at radius 3 is 1.94 bits per heavy atom. The molecule has 6 heteroatoms. The zero-order valence-corrected chi connectivity index (χ0v) is 19.1. The maximum Gasteiger partial charge on any atom is 0.278 e. The average molecular weight is 443 g/mol. The summed E-state index contributed by atoms with van der Waals surface area (Å²) in [7, 11) is 3.18. The van der Waals surface area contributed by atoms with E-state index in [1.54, 1.807) is 38.5 Å². The van der Waals surface area contributed by atoms with E-state index < -0.39 is 0 Å². The largest absolute Gasteiger partial charge is 0.497 e. The van der Waals surface area contributed by atoms with Gasteiger partial charge < -0.3 is 14.8 Å². The molecule has 0 fully saturated rings. The summed E-state index contributed by atoms with van der Waals surface area (Å²) in [6.07, 6.45) is 0. The summed E-state index contributed by atoms with van der Waals surface area (Å²) in [6.45, 7) is 4.21. The van der Waals surface area contributed by atoms with Crippen LogP contribution >= 0.6 is 0 Å². The van der Waals surface area contributed by atoms with Crippen LogP contribution in [0.15, 0.2) is 72.4 Å². The highest BCUT2D eigenvalue weighted by Crippen LogP contribution is 2.33. The number of imide groups is 1. The first-order chi connectivity index (χ1) is 15.9. The van der Waals surface area contributed by atoms with Gasteiger partial charge in [-0.2, -0.15) is 0 Å². The number of ether oxygens (including phenoxy) is 2. The second-order valence-corrected chi connectivity index (χ2v) is 7.95. The van der Waals surface area contributed by atoms with Gasteiger partial charge in [0, 0.05) is 5.69 Å². The van der Waals surface area contributed by atoms with Gasteiger partial charge in [0.05, 0.1) is 26.3 Å². The minimum atomic E-state index is -0.361. The molecule has 3 aromatic rings. The van der Waals surface area contributed by atoms with Crippen LogP contribution in [0.1, 0.15) is 22.3 Å². The molecule has 33 heavy (non-hydrogen) atoms. The zero-order chi connectivity index (χ0) is 23.5. The van der Waals surface area contributed by atoms with E-state index in [4.69, 9.17) is 9.47 Å². The number of rotatable bonds is 7. The summed E-state index contributed by atoms with van der Waals surface area (Å²) in [4.78, 5) is 28.2. The van der Waals surface area contributed by atoms with Crippen LogP contribution in [0, 0.1) is 13.8 Å². The number of anilines is 1. The molecule has 0 aliphatic carbocycles. The molecule has 0 saturated carbocycles. The van der Waals surface area contributed by atoms with Crippen molar-refractivity contribution in [3.63, 3.8) is 0 Å². The quantitative estimate of drug-likeness (QED) is 0.537. The van der Waals surface area contributed by atoms with Gasteiger partial charge in [0.25, 0.3) is 11.8 Å². The van der Waals surface area contributed by atoms with Crippen LogP contribution in [0.25, 0.3) is 5.57 Å². The summed E-state index contributed by atoms with van der Waals surface area (Å²) < 4.78 is 10.4. The number of methoxy groups -OCH3 is 2. The lowest BCUT2D eigenvalue weighted by Crippen LogP contribution is -2.32. The van der Waals surface area contributed by atoms with Crippen LogP contribution in [0.2, 0.25) is 0 Å². The predicted molar refractivity (Wildman–Crippen MR) is 128 cm³/mol. The molecule has 3 aromatic carbocycles. The molecule has 1 heterocycles. The number of carbonyl (C=O) groups excluding carboxylic acids is 2. The fourth-order valence-corrected chi connectivity index (χ4v) is 3.74. The van der Waals surface area contributed by atoms with Gasteiger partial charge in [-0.3, -0.25) is 14.5 Å². The van der Waals surface area contributed by atoms with Crippen molar-refractivity contribution in [2.24, 2.45) is 0 Å². The highest BCUT2D eigenvalue weighted by molar-refractivity contribution is 6.36. The van der Waals surface area contributed by atoms with E-state index in [1.165, 1.54) is 4.90 Å². The Kier molecular flexibility index (Phi) is 6.18. The Balaban J connectivity index is 1.71. The third kappa shape index (κ3) is 4.46. The highest BCUT2D eigenvalue weighted by atomic mass is 16.5. The van der Waals surface area contributed by atoms with Crippen molar-refractivity contribution in [2.75, 3.05) is 19.5 Å². The Morgan fingerprint density at radius 2 is 1.36 bits per heavy atom. The van der Waals surface area contributed by atoms with E-state index >= 15 is 0 Å². The summed E-state index contributed by atoms with van der Waals surface area (Å²) in [5.74, 6) is 0.689. The Bertz CT molecular complexity index is 1230. The molecule has 6 nitrogen and oxygen atoms in total. The molecule has 0 aromatic heterocycles. The summed E-state index contributed by atoms with van der Waals surface area (Å²) in [5.41, 5.74) is 5.10. The smallest absolute Gasteiger partial charge is 0.278 e. The van der Waals surface area contributed by atoms with Crippen molar-refractivity contribution in [2.45, 2.75) is 20.4 Å². The Labute approximate surface area is 193 Å². The first-order valence-electron chi connectivity index (χ1n) is 10.6. The molecule has 0 radical (unpaired) electrons. The van der Waals surface area contributed by atoms with Crippen molar-refractivity contribution in [1.29, 1.82) is 0 Å². The summed E-state index contributed by atoms with van der Waals surface area (Å²) >= 11 is 0.